The van der Waals surface area contributed by atoms with Crippen LogP contribution >= 0.6 is 11.6 Å². The molecule has 3 aliphatic carbocycles. The molecule has 262 valence electrons. The number of carbonyl (C=O) groups is 2. The van der Waals surface area contributed by atoms with Gasteiger partial charge in [0.15, 0.2) is 0 Å². The molecule has 11 heteroatoms. The van der Waals surface area contributed by atoms with E-state index in [4.69, 9.17) is 26.8 Å². The van der Waals surface area contributed by atoms with Gasteiger partial charge >= 0.3 is 12.2 Å². The lowest BCUT2D eigenvalue weighted by Gasteiger charge is -2.31. The molecule has 10 nitrogen and oxygen atoms in total. The summed E-state index contributed by atoms with van der Waals surface area (Å²) in [7, 11) is 1.93. The first kappa shape index (κ1) is 37.1. The molecule has 4 N–H and O–H groups in total. The number of benzene rings is 1. The molecule has 2 amide bonds. The summed E-state index contributed by atoms with van der Waals surface area (Å²) < 4.78 is 12.9. The van der Waals surface area contributed by atoms with Crippen LogP contribution in [0.5, 0.6) is 0 Å². The number of aromatic nitrogens is 2. The van der Waals surface area contributed by atoms with Crippen molar-refractivity contribution >= 4 is 29.4 Å². The van der Waals surface area contributed by atoms with E-state index in [9.17, 15) is 9.59 Å². The van der Waals surface area contributed by atoms with Gasteiger partial charge in [-0.25, -0.2) is 14.6 Å². The fraction of sp³-hybridized carbons (Fsp3) is 0.541. The van der Waals surface area contributed by atoms with Gasteiger partial charge in [-0.05, 0) is 99.7 Å². The Morgan fingerprint density at radius 1 is 1.21 bits per heavy atom. The summed E-state index contributed by atoms with van der Waals surface area (Å²) in [6.45, 7) is 9.30. The third kappa shape index (κ3) is 10.6. The molecule has 0 spiro atoms. The Kier molecular flexibility index (Phi) is 14.0. The van der Waals surface area contributed by atoms with Crippen LogP contribution in [0.25, 0.3) is 5.57 Å². The fourth-order valence-corrected chi connectivity index (χ4v) is 5.89. The van der Waals surface area contributed by atoms with E-state index in [1.54, 1.807) is 23.6 Å². The van der Waals surface area contributed by atoms with Crippen molar-refractivity contribution in [3.63, 3.8) is 0 Å². The molecule has 2 saturated carbocycles. The number of alkyl carbamates (subject to hydrolysis) is 1. The van der Waals surface area contributed by atoms with Crippen molar-refractivity contribution < 1.29 is 19.1 Å². The second-order valence-electron chi connectivity index (χ2n) is 12.7. The second-order valence-corrected chi connectivity index (χ2v) is 13.1. The summed E-state index contributed by atoms with van der Waals surface area (Å²) >= 11 is 6.42. The molecule has 6 rings (SSSR count). The van der Waals surface area contributed by atoms with Crippen LogP contribution in [0.4, 0.5) is 9.59 Å². The average Bonchev–Trinajstić information content (AvgIpc) is 3.63. The van der Waals surface area contributed by atoms with Gasteiger partial charge in [0, 0.05) is 38.2 Å². The van der Waals surface area contributed by atoms with Crippen molar-refractivity contribution in [2.75, 3.05) is 26.2 Å². The van der Waals surface area contributed by atoms with E-state index in [2.05, 4.69) is 33.8 Å². The van der Waals surface area contributed by atoms with Gasteiger partial charge in [-0.3, -0.25) is 0 Å². The topological polar surface area (TPSA) is 124 Å². The van der Waals surface area contributed by atoms with Crippen LogP contribution in [0, 0.1) is 0 Å². The summed E-state index contributed by atoms with van der Waals surface area (Å²) in [5, 5.41) is 6.99. The molecule has 3 fully saturated rings. The van der Waals surface area contributed by atoms with Crippen molar-refractivity contribution in [2.45, 2.75) is 96.3 Å². The van der Waals surface area contributed by atoms with Crippen molar-refractivity contribution in [3.8, 4) is 0 Å². The SMILES string of the molecule is CC.Cn1cncc1[C@H](NC(=O)OC1(C)CC1)/C1=C/C/C(=C/C/C=C\N)CCc2ccc(Cl)cc21.O=C(OC1CCC1)N1CCNCC1. The Bertz CT molecular complexity index is 1450. The number of amides is 2. The van der Waals surface area contributed by atoms with Gasteiger partial charge in [-0.1, -0.05) is 55.3 Å². The standard InChI is InChI=1S/C26H31ClN4O2.C9H16N2O2.C2H6/c1-26(12-13-26)33-25(32)30-24(23-16-29-17-31(23)2)21-11-7-18(5-3-4-14-28)6-8-19-9-10-20(27)15-22(19)21;12-9(13-8-2-1-3-8)11-6-4-10-5-7-11;1-2/h4-5,9-11,14-17,24H,3,6-8,12-13,28H2,1-2H3,(H,30,32);8,10H,1-7H2;1-2H3/b14-4-,18-5+,21-11+;;/t24-;;/m1../s1. The predicted octanol–water partition coefficient (Wildman–Crippen LogP) is 7.21. The molecule has 1 saturated heterocycles. The maximum Gasteiger partial charge on any atom is 0.410 e. The first-order valence-corrected chi connectivity index (χ1v) is 17.8. The summed E-state index contributed by atoms with van der Waals surface area (Å²) in [6.07, 6.45) is 19.7. The molecule has 0 radical (unpaired) electrons. The van der Waals surface area contributed by atoms with Gasteiger partial charge < -0.3 is 35.3 Å². The lowest BCUT2D eigenvalue weighted by Crippen LogP contribution is -2.47. The van der Waals surface area contributed by atoms with Crippen molar-refractivity contribution in [3.05, 3.63) is 82.6 Å². The fourth-order valence-electron chi connectivity index (χ4n) is 5.71. The van der Waals surface area contributed by atoms with Gasteiger partial charge in [-0.2, -0.15) is 0 Å². The van der Waals surface area contributed by atoms with Gasteiger partial charge in [0.1, 0.15) is 11.7 Å². The number of hydrogen-bond donors (Lipinski definition) is 3. The average molecular weight is 681 g/mol. The van der Waals surface area contributed by atoms with Crippen LogP contribution in [-0.4, -0.2) is 64.5 Å². The number of halogens is 1. The first-order chi connectivity index (χ1) is 23.2. The molecule has 1 aromatic carbocycles. The van der Waals surface area contributed by atoms with Gasteiger partial charge in [0.05, 0.1) is 24.3 Å². The van der Waals surface area contributed by atoms with E-state index in [0.29, 0.717) is 5.02 Å². The maximum absolute atomic E-state index is 12.9. The van der Waals surface area contributed by atoms with Crippen molar-refractivity contribution in [2.24, 2.45) is 12.8 Å². The lowest BCUT2D eigenvalue weighted by molar-refractivity contribution is 0.0248. The van der Waals surface area contributed by atoms with Gasteiger partial charge in [0.25, 0.3) is 0 Å². The number of nitrogens with zero attached hydrogens (tertiary/aromatic N) is 3. The number of rotatable bonds is 7. The number of imidazole rings is 1. The molecule has 1 aliphatic heterocycles. The third-order valence-electron chi connectivity index (χ3n) is 9.07. The number of fused-ring (bicyclic) bond motifs is 1. The number of carbonyl (C=O) groups excluding carboxylic acids is 2. The van der Waals surface area contributed by atoms with Crippen LogP contribution in [0.2, 0.25) is 5.02 Å². The molecule has 0 bridgehead atoms. The monoisotopic (exact) mass is 680 g/mol. The number of hydrogen-bond acceptors (Lipinski definition) is 7. The quantitative estimate of drug-likeness (QED) is 0.264. The minimum absolute atomic E-state index is 0.119. The Labute approximate surface area is 290 Å². The van der Waals surface area contributed by atoms with E-state index >= 15 is 0 Å². The molecular weight excluding hydrogens is 628 g/mol. The van der Waals surface area contributed by atoms with E-state index in [0.717, 1.165) is 94.4 Å². The summed E-state index contributed by atoms with van der Waals surface area (Å²) in [4.78, 5) is 30.4. The Morgan fingerprint density at radius 2 is 1.96 bits per heavy atom. The zero-order valence-electron chi connectivity index (χ0n) is 29.0. The summed E-state index contributed by atoms with van der Waals surface area (Å²) in [5.41, 5.74) is 10.6. The van der Waals surface area contributed by atoms with Crippen molar-refractivity contribution in [1.29, 1.82) is 0 Å². The highest BCUT2D eigenvalue weighted by atomic mass is 35.5. The van der Waals surface area contributed by atoms with Crippen LogP contribution in [0.3, 0.4) is 0 Å². The van der Waals surface area contributed by atoms with E-state index < -0.39 is 12.1 Å². The highest BCUT2D eigenvalue weighted by Gasteiger charge is 2.42. The number of aryl methyl sites for hydroxylation is 2. The molecule has 2 heterocycles. The zero-order valence-corrected chi connectivity index (χ0v) is 29.7. The first-order valence-electron chi connectivity index (χ1n) is 17.4. The van der Waals surface area contributed by atoms with Gasteiger partial charge in [-0.15, -0.1) is 0 Å². The maximum atomic E-state index is 12.9. The molecule has 1 atom stereocenters. The van der Waals surface area contributed by atoms with E-state index in [1.165, 1.54) is 17.6 Å². The smallest absolute Gasteiger partial charge is 0.410 e. The highest BCUT2D eigenvalue weighted by molar-refractivity contribution is 6.30. The van der Waals surface area contributed by atoms with Crippen LogP contribution in [0.15, 0.2) is 60.7 Å². The van der Waals surface area contributed by atoms with Crippen LogP contribution in [-0.2, 0) is 22.9 Å². The molecule has 2 aromatic rings. The Hall–Kier alpha value is -3.76. The number of allylic oxidation sites excluding steroid dienone is 4. The summed E-state index contributed by atoms with van der Waals surface area (Å²) in [6, 6.07) is 5.58. The molecule has 4 aliphatic rings. The molecule has 1 aromatic heterocycles. The number of nitrogens with two attached hydrogens (primary N) is 1. The largest absolute Gasteiger partial charge is 0.446 e. The van der Waals surface area contributed by atoms with Crippen LogP contribution in [0.1, 0.15) is 95.0 Å². The van der Waals surface area contributed by atoms with Crippen molar-refractivity contribution in [1.82, 2.24) is 25.1 Å². The molecule has 0 unspecified atom stereocenters. The zero-order chi connectivity index (χ0) is 34.5. The normalized spacial score (nSPS) is 21.0. The Morgan fingerprint density at radius 3 is 2.58 bits per heavy atom. The molecule has 48 heavy (non-hydrogen) atoms. The van der Waals surface area contributed by atoms with E-state index in [1.807, 2.05) is 50.6 Å². The van der Waals surface area contributed by atoms with Gasteiger partial charge in [0.2, 0.25) is 0 Å². The van der Waals surface area contributed by atoms with Crippen LogP contribution < -0.4 is 16.4 Å². The highest BCUT2D eigenvalue weighted by Crippen LogP contribution is 2.40. The number of ether oxygens (including phenoxy) is 2. The number of piperazine rings is 1. The second kappa shape index (κ2) is 18.1. The predicted molar refractivity (Wildman–Crippen MR) is 192 cm³/mol. The molecular formula is C37H53ClN6O4. The number of nitrogens with one attached hydrogen (secondary N) is 2. The third-order valence-corrected chi connectivity index (χ3v) is 9.31. The Balaban J connectivity index is 0.000000288. The lowest BCUT2D eigenvalue weighted by atomic mass is 9.86. The summed E-state index contributed by atoms with van der Waals surface area (Å²) in [5.74, 6) is 0. The van der Waals surface area contributed by atoms with E-state index in [-0.39, 0.29) is 17.8 Å². The minimum Gasteiger partial charge on any atom is -0.446 e. The minimum atomic E-state index is -0.423.